The average molecular weight is 292 g/mol. The van der Waals surface area contributed by atoms with Crippen molar-refractivity contribution in [3.63, 3.8) is 0 Å². The molecule has 1 fully saturated rings. The number of carbonyl (C=O) groups excluding carboxylic acids is 1. The van der Waals surface area contributed by atoms with E-state index >= 15 is 0 Å². The van der Waals surface area contributed by atoms with Gasteiger partial charge >= 0.3 is 6.09 Å². The molecular weight excluding hydrogens is 268 g/mol. The normalized spacial score (nSPS) is 16.6. The van der Waals surface area contributed by atoms with Gasteiger partial charge in [-0.05, 0) is 45.7 Å². The van der Waals surface area contributed by atoms with Gasteiger partial charge in [-0.3, -0.25) is 0 Å². The molecule has 6 nitrogen and oxygen atoms in total. The lowest BCUT2D eigenvalue weighted by atomic mass is 10.1. The summed E-state index contributed by atoms with van der Waals surface area (Å²) in [6, 6.07) is 3.91. The van der Waals surface area contributed by atoms with Crippen LogP contribution in [0.25, 0.3) is 0 Å². The molecule has 0 atom stereocenters. The summed E-state index contributed by atoms with van der Waals surface area (Å²) < 4.78 is 5.38. The number of rotatable bonds is 2. The number of aromatic nitrogens is 1. The van der Waals surface area contributed by atoms with Crippen molar-refractivity contribution in [2.45, 2.75) is 45.3 Å². The van der Waals surface area contributed by atoms with Crippen LogP contribution < -0.4 is 11.1 Å². The van der Waals surface area contributed by atoms with Crippen LogP contribution >= 0.6 is 0 Å². The zero-order valence-corrected chi connectivity index (χ0v) is 12.9. The van der Waals surface area contributed by atoms with Gasteiger partial charge in [0, 0.05) is 25.3 Å². The number of hydrogen-bond acceptors (Lipinski definition) is 5. The summed E-state index contributed by atoms with van der Waals surface area (Å²) in [5.41, 5.74) is 6.07. The molecule has 3 N–H and O–H groups in total. The van der Waals surface area contributed by atoms with Crippen LogP contribution in [0.3, 0.4) is 0 Å². The van der Waals surface area contributed by atoms with Crippen LogP contribution in [0, 0.1) is 0 Å². The lowest BCUT2D eigenvalue weighted by Crippen LogP contribution is -2.44. The Morgan fingerprint density at radius 1 is 1.43 bits per heavy atom. The van der Waals surface area contributed by atoms with Crippen molar-refractivity contribution in [1.29, 1.82) is 0 Å². The highest BCUT2D eigenvalue weighted by Gasteiger charge is 2.27. The van der Waals surface area contributed by atoms with E-state index in [1.54, 1.807) is 11.1 Å². The molecule has 0 spiro atoms. The van der Waals surface area contributed by atoms with Crippen molar-refractivity contribution in [2.75, 3.05) is 24.1 Å². The number of likely N-dealkylation sites (tertiary alicyclic amines) is 1. The topological polar surface area (TPSA) is 80.5 Å². The molecule has 1 aromatic rings. The molecule has 1 saturated heterocycles. The first-order valence-corrected chi connectivity index (χ1v) is 7.30. The van der Waals surface area contributed by atoms with Gasteiger partial charge in [0.1, 0.15) is 11.4 Å². The number of nitrogens with two attached hydrogens (primary N) is 1. The molecule has 0 aromatic carbocycles. The SMILES string of the molecule is CC(C)(C)OC(=O)N1CCC(Nc2ncccc2N)CC1. The number of ether oxygens (including phenoxy) is 1. The molecule has 1 aliphatic heterocycles. The highest BCUT2D eigenvalue weighted by atomic mass is 16.6. The summed E-state index contributed by atoms with van der Waals surface area (Å²) in [6.07, 6.45) is 3.19. The fraction of sp³-hybridized carbons (Fsp3) is 0.600. The second-order valence-electron chi connectivity index (χ2n) is 6.33. The molecule has 116 valence electrons. The molecule has 21 heavy (non-hydrogen) atoms. The number of carbonyl (C=O) groups is 1. The van der Waals surface area contributed by atoms with E-state index in [0.29, 0.717) is 24.6 Å². The predicted molar refractivity (Wildman–Crippen MR) is 83.1 cm³/mol. The van der Waals surface area contributed by atoms with Gasteiger partial charge in [0.2, 0.25) is 0 Å². The predicted octanol–water partition coefficient (Wildman–Crippen LogP) is 2.48. The summed E-state index contributed by atoms with van der Waals surface area (Å²) in [5.74, 6) is 0.716. The van der Waals surface area contributed by atoms with E-state index in [1.807, 2.05) is 32.9 Å². The molecule has 0 bridgehead atoms. The molecule has 0 unspecified atom stereocenters. The summed E-state index contributed by atoms with van der Waals surface area (Å²) >= 11 is 0. The number of nitrogens with one attached hydrogen (secondary N) is 1. The fourth-order valence-corrected chi connectivity index (χ4v) is 2.26. The maximum absolute atomic E-state index is 12.0. The smallest absolute Gasteiger partial charge is 0.410 e. The Hall–Kier alpha value is -1.98. The van der Waals surface area contributed by atoms with Gasteiger partial charge in [0.15, 0.2) is 0 Å². The van der Waals surface area contributed by atoms with Crippen molar-refractivity contribution in [1.82, 2.24) is 9.88 Å². The Morgan fingerprint density at radius 2 is 2.10 bits per heavy atom. The zero-order chi connectivity index (χ0) is 15.5. The molecule has 0 saturated carbocycles. The zero-order valence-electron chi connectivity index (χ0n) is 12.9. The van der Waals surface area contributed by atoms with E-state index in [-0.39, 0.29) is 12.1 Å². The van der Waals surface area contributed by atoms with Gasteiger partial charge in [-0.15, -0.1) is 0 Å². The standard InChI is InChI=1S/C15H24N4O2/c1-15(2,3)21-14(20)19-9-6-11(7-10-19)18-13-12(16)5-4-8-17-13/h4-5,8,11H,6-7,9-10,16H2,1-3H3,(H,17,18). The summed E-state index contributed by atoms with van der Waals surface area (Å²) in [7, 11) is 0. The van der Waals surface area contributed by atoms with E-state index in [9.17, 15) is 4.79 Å². The van der Waals surface area contributed by atoms with Crippen molar-refractivity contribution in [3.8, 4) is 0 Å². The monoisotopic (exact) mass is 292 g/mol. The van der Waals surface area contributed by atoms with Crippen LogP contribution in [0.15, 0.2) is 18.3 Å². The third kappa shape index (κ3) is 4.51. The molecule has 1 aromatic heterocycles. The third-order valence-corrected chi connectivity index (χ3v) is 3.33. The van der Waals surface area contributed by atoms with Gasteiger partial charge in [0.25, 0.3) is 0 Å². The molecule has 1 aliphatic rings. The Kier molecular flexibility index (Phi) is 4.55. The third-order valence-electron chi connectivity index (χ3n) is 3.33. The second-order valence-corrected chi connectivity index (χ2v) is 6.33. The maximum Gasteiger partial charge on any atom is 0.410 e. The summed E-state index contributed by atoms with van der Waals surface area (Å²) in [4.78, 5) is 18.0. The van der Waals surface area contributed by atoms with Gasteiger partial charge < -0.3 is 20.7 Å². The first-order chi connectivity index (χ1) is 9.85. The lowest BCUT2D eigenvalue weighted by molar-refractivity contribution is 0.0210. The number of pyridine rings is 1. The first kappa shape index (κ1) is 15.4. The Balaban J connectivity index is 1.83. The quantitative estimate of drug-likeness (QED) is 0.875. The van der Waals surface area contributed by atoms with E-state index in [1.165, 1.54) is 0 Å². The number of amides is 1. The molecule has 0 aliphatic carbocycles. The van der Waals surface area contributed by atoms with E-state index in [0.717, 1.165) is 12.8 Å². The Labute approximate surface area is 125 Å². The maximum atomic E-state index is 12.0. The lowest BCUT2D eigenvalue weighted by Gasteiger charge is -2.34. The number of hydrogen-bond donors (Lipinski definition) is 2. The highest BCUT2D eigenvalue weighted by molar-refractivity contribution is 5.68. The van der Waals surface area contributed by atoms with Crippen LogP contribution in [-0.2, 0) is 4.74 Å². The van der Waals surface area contributed by atoms with Crippen molar-refractivity contribution in [3.05, 3.63) is 18.3 Å². The minimum absolute atomic E-state index is 0.238. The molecule has 2 heterocycles. The molecular formula is C15H24N4O2. The van der Waals surface area contributed by atoms with Crippen LogP contribution in [0.1, 0.15) is 33.6 Å². The summed E-state index contributed by atoms with van der Waals surface area (Å²) in [5, 5.41) is 3.34. The average Bonchev–Trinajstić information content (AvgIpc) is 2.40. The van der Waals surface area contributed by atoms with Crippen LogP contribution in [0.5, 0.6) is 0 Å². The van der Waals surface area contributed by atoms with Crippen molar-refractivity contribution < 1.29 is 9.53 Å². The van der Waals surface area contributed by atoms with Gasteiger partial charge in [0.05, 0.1) is 5.69 Å². The number of anilines is 2. The number of nitrogens with zero attached hydrogens (tertiary/aromatic N) is 2. The van der Waals surface area contributed by atoms with Gasteiger partial charge in [-0.1, -0.05) is 0 Å². The summed E-state index contributed by atoms with van der Waals surface area (Å²) in [6.45, 7) is 6.99. The minimum atomic E-state index is -0.450. The van der Waals surface area contributed by atoms with Crippen LogP contribution in [0.4, 0.5) is 16.3 Å². The van der Waals surface area contributed by atoms with Gasteiger partial charge in [-0.25, -0.2) is 9.78 Å². The largest absolute Gasteiger partial charge is 0.444 e. The molecule has 2 rings (SSSR count). The van der Waals surface area contributed by atoms with Crippen LogP contribution in [-0.4, -0.2) is 40.7 Å². The van der Waals surface area contributed by atoms with Crippen molar-refractivity contribution >= 4 is 17.6 Å². The fourth-order valence-electron chi connectivity index (χ4n) is 2.26. The number of nitrogen functional groups attached to an aromatic ring is 1. The molecule has 6 heteroatoms. The molecule has 1 amide bonds. The van der Waals surface area contributed by atoms with E-state index in [2.05, 4.69) is 10.3 Å². The molecule has 0 radical (unpaired) electrons. The Bertz CT molecular complexity index is 491. The van der Waals surface area contributed by atoms with E-state index in [4.69, 9.17) is 10.5 Å². The van der Waals surface area contributed by atoms with E-state index < -0.39 is 5.60 Å². The highest BCUT2D eigenvalue weighted by Crippen LogP contribution is 2.20. The number of piperidine rings is 1. The minimum Gasteiger partial charge on any atom is -0.444 e. The van der Waals surface area contributed by atoms with Crippen LogP contribution in [0.2, 0.25) is 0 Å². The van der Waals surface area contributed by atoms with Crippen molar-refractivity contribution in [2.24, 2.45) is 0 Å². The van der Waals surface area contributed by atoms with Gasteiger partial charge in [-0.2, -0.15) is 0 Å². The Morgan fingerprint density at radius 3 is 2.67 bits per heavy atom. The first-order valence-electron chi connectivity index (χ1n) is 7.30. The second kappa shape index (κ2) is 6.20.